The molecule has 0 saturated carbocycles. The third-order valence-electron chi connectivity index (χ3n) is 2.93. The van der Waals surface area contributed by atoms with Crippen molar-refractivity contribution < 1.29 is 9.21 Å². The van der Waals surface area contributed by atoms with Crippen molar-refractivity contribution >= 4 is 33.6 Å². The van der Waals surface area contributed by atoms with Gasteiger partial charge < -0.3 is 9.73 Å². The number of benzene rings is 1. The van der Waals surface area contributed by atoms with E-state index in [1.54, 1.807) is 0 Å². The lowest BCUT2D eigenvalue weighted by atomic mass is 10.2. The molecule has 2 aromatic rings. The van der Waals surface area contributed by atoms with Crippen molar-refractivity contribution in [1.82, 2.24) is 15.5 Å². The maximum atomic E-state index is 11.8. The second-order valence-corrected chi connectivity index (χ2v) is 6.77. The van der Waals surface area contributed by atoms with Gasteiger partial charge in [0.1, 0.15) is 0 Å². The van der Waals surface area contributed by atoms with Crippen LogP contribution in [0.15, 0.2) is 38.4 Å². The van der Waals surface area contributed by atoms with Gasteiger partial charge in [-0.3, -0.25) is 4.79 Å². The third-order valence-corrected chi connectivity index (χ3v) is 4.25. The fraction of sp³-hybridized carbons (Fsp3) is 0.400. The molecule has 0 radical (unpaired) electrons. The molecule has 1 amide bonds. The van der Waals surface area contributed by atoms with Crippen molar-refractivity contribution in [3.8, 4) is 11.5 Å². The number of rotatable bonds is 7. The molecule has 2 rings (SSSR count). The van der Waals surface area contributed by atoms with Crippen LogP contribution in [0.25, 0.3) is 11.5 Å². The molecule has 118 valence electrons. The van der Waals surface area contributed by atoms with E-state index >= 15 is 0 Å². The standard InChI is InChI=1S/C15H18BrN3O2S/c1-3-5-10(2)17-13(20)9-22-15-19-18-14(21-15)11-6-4-7-12(16)8-11/h4,6-8,10H,3,5,9H2,1-2H3,(H,17,20)/t10-/m0/s1. The summed E-state index contributed by atoms with van der Waals surface area (Å²) < 4.78 is 6.51. The molecule has 5 nitrogen and oxygen atoms in total. The number of aromatic nitrogens is 2. The summed E-state index contributed by atoms with van der Waals surface area (Å²) in [5, 5.41) is 11.3. The Morgan fingerprint density at radius 1 is 1.45 bits per heavy atom. The SMILES string of the molecule is CCC[C@H](C)NC(=O)CSc1nnc(-c2cccc(Br)c2)o1. The summed E-state index contributed by atoms with van der Waals surface area (Å²) in [6.07, 6.45) is 2.03. The Hall–Kier alpha value is -1.34. The lowest BCUT2D eigenvalue weighted by Gasteiger charge is -2.11. The summed E-state index contributed by atoms with van der Waals surface area (Å²) in [5.41, 5.74) is 0.842. The van der Waals surface area contributed by atoms with Gasteiger partial charge in [-0.15, -0.1) is 10.2 Å². The Bertz CT molecular complexity index is 633. The van der Waals surface area contributed by atoms with E-state index in [-0.39, 0.29) is 17.7 Å². The number of halogens is 1. The van der Waals surface area contributed by atoms with Gasteiger partial charge in [-0.05, 0) is 31.5 Å². The summed E-state index contributed by atoms with van der Waals surface area (Å²) in [6.45, 7) is 4.10. The van der Waals surface area contributed by atoms with Crippen LogP contribution >= 0.6 is 27.7 Å². The van der Waals surface area contributed by atoms with Gasteiger partial charge in [0.2, 0.25) is 11.8 Å². The average molecular weight is 384 g/mol. The molecule has 0 unspecified atom stereocenters. The number of carbonyl (C=O) groups excluding carboxylic acids is 1. The van der Waals surface area contributed by atoms with Crippen LogP contribution in [-0.4, -0.2) is 27.9 Å². The molecule has 0 saturated heterocycles. The summed E-state index contributed by atoms with van der Waals surface area (Å²) in [7, 11) is 0. The number of thioether (sulfide) groups is 1. The van der Waals surface area contributed by atoms with Gasteiger partial charge in [0, 0.05) is 16.1 Å². The number of carbonyl (C=O) groups is 1. The van der Waals surface area contributed by atoms with Gasteiger partial charge >= 0.3 is 0 Å². The molecule has 0 bridgehead atoms. The van der Waals surface area contributed by atoms with Crippen LogP contribution in [0.5, 0.6) is 0 Å². The van der Waals surface area contributed by atoms with E-state index in [1.165, 1.54) is 11.8 Å². The first-order valence-electron chi connectivity index (χ1n) is 7.10. The van der Waals surface area contributed by atoms with Gasteiger partial charge in [-0.1, -0.05) is 47.1 Å². The maximum absolute atomic E-state index is 11.8. The van der Waals surface area contributed by atoms with Gasteiger partial charge in [0.15, 0.2) is 0 Å². The van der Waals surface area contributed by atoms with Gasteiger partial charge in [-0.2, -0.15) is 0 Å². The zero-order valence-corrected chi connectivity index (χ0v) is 14.9. The van der Waals surface area contributed by atoms with Crippen LogP contribution in [0.3, 0.4) is 0 Å². The first-order chi connectivity index (χ1) is 10.6. The summed E-state index contributed by atoms with van der Waals surface area (Å²) >= 11 is 4.65. The highest BCUT2D eigenvalue weighted by Crippen LogP contribution is 2.25. The minimum Gasteiger partial charge on any atom is -0.411 e. The molecule has 0 aliphatic carbocycles. The molecule has 22 heavy (non-hydrogen) atoms. The number of hydrogen-bond donors (Lipinski definition) is 1. The van der Waals surface area contributed by atoms with Crippen molar-refractivity contribution in [2.75, 3.05) is 5.75 Å². The first-order valence-corrected chi connectivity index (χ1v) is 8.88. The van der Waals surface area contributed by atoms with E-state index in [9.17, 15) is 4.79 Å². The monoisotopic (exact) mass is 383 g/mol. The normalized spacial score (nSPS) is 12.1. The molecule has 1 aromatic carbocycles. The van der Waals surface area contributed by atoms with E-state index in [2.05, 4.69) is 38.4 Å². The predicted octanol–water partition coefficient (Wildman–Crippen LogP) is 3.90. The lowest BCUT2D eigenvalue weighted by Crippen LogP contribution is -2.33. The molecule has 1 heterocycles. The minimum atomic E-state index is -0.0202. The highest BCUT2D eigenvalue weighted by molar-refractivity contribution is 9.10. The molecule has 0 aliphatic heterocycles. The van der Waals surface area contributed by atoms with Gasteiger partial charge in [0.05, 0.1) is 5.75 Å². The lowest BCUT2D eigenvalue weighted by molar-refractivity contribution is -0.119. The zero-order chi connectivity index (χ0) is 15.9. The quantitative estimate of drug-likeness (QED) is 0.734. The van der Waals surface area contributed by atoms with Crippen LogP contribution < -0.4 is 5.32 Å². The molecule has 0 aliphatic rings. The highest BCUT2D eigenvalue weighted by Gasteiger charge is 2.12. The smallest absolute Gasteiger partial charge is 0.277 e. The highest BCUT2D eigenvalue weighted by atomic mass is 79.9. The molecule has 1 aromatic heterocycles. The Balaban J connectivity index is 1.88. The summed E-state index contributed by atoms with van der Waals surface area (Å²) in [6, 6.07) is 7.82. The average Bonchev–Trinajstić information content (AvgIpc) is 2.94. The Kier molecular flexibility index (Phi) is 6.45. The fourth-order valence-electron chi connectivity index (χ4n) is 1.96. The maximum Gasteiger partial charge on any atom is 0.277 e. The van der Waals surface area contributed by atoms with E-state index in [0.717, 1.165) is 22.9 Å². The minimum absolute atomic E-state index is 0.0202. The van der Waals surface area contributed by atoms with E-state index in [4.69, 9.17) is 4.42 Å². The van der Waals surface area contributed by atoms with Crippen LogP contribution in [0.2, 0.25) is 0 Å². The molecule has 0 fully saturated rings. The van der Waals surface area contributed by atoms with E-state index in [0.29, 0.717) is 11.1 Å². The van der Waals surface area contributed by atoms with Crippen LogP contribution in [0.4, 0.5) is 0 Å². The van der Waals surface area contributed by atoms with Crippen molar-refractivity contribution in [2.24, 2.45) is 0 Å². The van der Waals surface area contributed by atoms with E-state index < -0.39 is 0 Å². The molecule has 0 spiro atoms. The van der Waals surface area contributed by atoms with E-state index in [1.807, 2.05) is 31.2 Å². The zero-order valence-electron chi connectivity index (χ0n) is 12.5. The number of hydrogen-bond acceptors (Lipinski definition) is 5. The largest absolute Gasteiger partial charge is 0.411 e. The first kappa shape index (κ1) is 17.0. The second kappa shape index (κ2) is 8.33. The summed E-state index contributed by atoms with van der Waals surface area (Å²) in [4.78, 5) is 11.8. The number of nitrogens with one attached hydrogen (secondary N) is 1. The summed E-state index contributed by atoms with van der Waals surface area (Å²) in [5.74, 6) is 0.700. The van der Waals surface area contributed by atoms with Crippen LogP contribution in [-0.2, 0) is 4.79 Å². The molecule has 1 atom stereocenters. The Labute approximate surface area is 142 Å². The molecular weight excluding hydrogens is 366 g/mol. The van der Waals surface area contributed by atoms with Crippen LogP contribution in [0.1, 0.15) is 26.7 Å². The number of amides is 1. The third kappa shape index (κ3) is 5.14. The number of nitrogens with zero attached hydrogens (tertiary/aromatic N) is 2. The van der Waals surface area contributed by atoms with Gasteiger partial charge in [-0.25, -0.2) is 0 Å². The predicted molar refractivity (Wildman–Crippen MR) is 90.7 cm³/mol. The van der Waals surface area contributed by atoms with Crippen LogP contribution in [0, 0.1) is 0 Å². The molecule has 1 N–H and O–H groups in total. The Morgan fingerprint density at radius 3 is 3.00 bits per heavy atom. The van der Waals surface area contributed by atoms with Crippen molar-refractivity contribution in [2.45, 2.75) is 38.0 Å². The van der Waals surface area contributed by atoms with Gasteiger partial charge in [0.25, 0.3) is 5.22 Å². The molecular formula is C15H18BrN3O2S. The topological polar surface area (TPSA) is 68.0 Å². The second-order valence-electron chi connectivity index (χ2n) is 4.93. The van der Waals surface area contributed by atoms with Crippen molar-refractivity contribution in [1.29, 1.82) is 0 Å². The van der Waals surface area contributed by atoms with Crippen molar-refractivity contribution in [3.05, 3.63) is 28.7 Å². The molecule has 7 heteroatoms. The van der Waals surface area contributed by atoms with Crippen molar-refractivity contribution in [3.63, 3.8) is 0 Å². The Morgan fingerprint density at radius 2 is 2.27 bits per heavy atom. The fourth-order valence-corrected chi connectivity index (χ4v) is 2.93.